The SMILES string of the molecule is Cc1ccc(OCC(=O)Nc2ccc(C(=O)O)c(O)c2)cc1C. The maximum Gasteiger partial charge on any atom is 0.339 e. The number of carbonyl (C=O) groups excluding carboxylic acids is 1. The molecule has 0 spiro atoms. The number of benzene rings is 2. The number of hydrogen-bond acceptors (Lipinski definition) is 4. The molecule has 0 aliphatic carbocycles. The van der Waals surface area contributed by atoms with Crippen molar-refractivity contribution in [3.8, 4) is 11.5 Å². The number of carboxylic acid groups (broad SMARTS) is 1. The van der Waals surface area contributed by atoms with E-state index in [9.17, 15) is 14.7 Å². The lowest BCUT2D eigenvalue weighted by Crippen LogP contribution is -2.20. The topological polar surface area (TPSA) is 95.9 Å². The van der Waals surface area contributed by atoms with Crippen LogP contribution in [0, 0.1) is 13.8 Å². The minimum Gasteiger partial charge on any atom is -0.507 e. The maximum absolute atomic E-state index is 11.8. The molecule has 6 heteroatoms. The van der Waals surface area contributed by atoms with E-state index in [1.165, 1.54) is 18.2 Å². The number of nitrogens with one attached hydrogen (secondary N) is 1. The van der Waals surface area contributed by atoms with Crippen molar-refractivity contribution in [2.75, 3.05) is 11.9 Å². The van der Waals surface area contributed by atoms with Crippen molar-refractivity contribution in [1.29, 1.82) is 0 Å². The van der Waals surface area contributed by atoms with Crippen molar-refractivity contribution in [2.45, 2.75) is 13.8 Å². The molecule has 0 saturated carbocycles. The average Bonchev–Trinajstić information content (AvgIpc) is 2.48. The quantitative estimate of drug-likeness (QED) is 0.788. The Bertz CT molecular complexity index is 755. The predicted octanol–water partition coefficient (Wildman–Crippen LogP) is 2.72. The van der Waals surface area contributed by atoms with Crippen molar-refractivity contribution in [3.05, 3.63) is 53.1 Å². The van der Waals surface area contributed by atoms with Gasteiger partial charge in [0.05, 0.1) is 0 Å². The lowest BCUT2D eigenvalue weighted by Gasteiger charge is -2.10. The number of carboxylic acids is 1. The molecule has 23 heavy (non-hydrogen) atoms. The lowest BCUT2D eigenvalue weighted by atomic mass is 10.1. The smallest absolute Gasteiger partial charge is 0.339 e. The van der Waals surface area contributed by atoms with Crippen molar-refractivity contribution >= 4 is 17.6 Å². The van der Waals surface area contributed by atoms with Gasteiger partial charge in [0.2, 0.25) is 0 Å². The van der Waals surface area contributed by atoms with Gasteiger partial charge in [-0.05, 0) is 49.2 Å². The normalized spacial score (nSPS) is 10.2. The van der Waals surface area contributed by atoms with Crippen molar-refractivity contribution in [3.63, 3.8) is 0 Å². The number of carbonyl (C=O) groups is 2. The van der Waals surface area contributed by atoms with E-state index in [2.05, 4.69) is 5.32 Å². The Hall–Kier alpha value is -3.02. The van der Waals surface area contributed by atoms with Gasteiger partial charge < -0.3 is 20.3 Å². The molecular weight excluding hydrogens is 298 g/mol. The van der Waals surface area contributed by atoms with E-state index in [0.717, 1.165) is 11.1 Å². The summed E-state index contributed by atoms with van der Waals surface area (Å²) in [7, 11) is 0. The number of hydrogen-bond donors (Lipinski definition) is 3. The van der Waals surface area contributed by atoms with E-state index < -0.39 is 17.6 Å². The molecule has 0 aliphatic rings. The fourth-order valence-electron chi connectivity index (χ4n) is 1.94. The Morgan fingerprint density at radius 2 is 1.83 bits per heavy atom. The minimum atomic E-state index is -1.24. The molecule has 2 aromatic rings. The molecule has 3 N–H and O–H groups in total. The third-order valence-electron chi connectivity index (χ3n) is 3.36. The summed E-state index contributed by atoms with van der Waals surface area (Å²) in [6.45, 7) is 3.75. The number of ether oxygens (including phenoxy) is 1. The van der Waals surface area contributed by atoms with Crippen LogP contribution >= 0.6 is 0 Å². The summed E-state index contributed by atoms with van der Waals surface area (Å²) >= 11 is 0. The number of aromatic carboxylic acids is 1. The summed E-state index contributed by atoms with van der Waals surface area (Å²) in [6, 6.07) is 9.33. The fraction of sp³-hybridized carbons (Fsp3) is 0.176. The van der Waals surface area contributed by atoms with Gasteiger partial charge >= 0.3 is 5.97 Å². The van der Waals surface area contributed by atoms with E-state index in [1.54, 1.807) is 6.07 Å². The van der Waals surface area contributed by atoms with Crippen LogP contribution in [0.5, 0.6) is 11.5 Å². The second-order valence-corrected chi connectivity index (χ2v) is 5.12. The third kappa shape index (κ3) is 4.23. The zero-order valence-corrected chi connectivity index (χ0v) is 12.8. The molecule has 0 fully saturated rings. The Labute approximate surface area is 133 Å². The number of anilines is 1. The molecule has 120 valence electrons. The van der Waals surface area contributed by atoms with Gasteiger partial charge in [0.25, 0.3) is 5.91 Å². The van der Waals surface area contributed by atoms with E-state index in [1.807, 2.05) is 26.0 Å². The number of aromatic hydroxyl groups is 1. The molecule has 0 saturated heterocycles. The number of amides is 1. The number of rotatable bonds is 5. The lowest BCUT2D eigenvalue weighted by molar-refractivity contribution is -0.118. The maximum atomic E-state index is 11.8. The van der Waals surface area contributed by atoms with Crippen molar-refractivity contribution in [2.24, 2.45) is 0 Å². The number of phenols is 1. The Morgan fingerprint density at radius 3 is 2.43 bits per heavy atom. The molecule has 0 unspecified atom stereocenters. The molecule has 0 bridgehead atoms. The second-order valence-electron chi connectivity index (χ2n) is 5.12. The van der Waals surface area contributed by atoms with Gasteiger partial charge in [0.1, 0.15) is 17.1 Å². The van der Waals surface area contributed by atoms with Crippen molar-refractivity contribution in [1.82, 2.24) is 0 Å². The van der Waals surface area contributed by atoms with Gasteiger partial charge in [-0.15, -0.1) is 0 Å². The zero-order chi connectivity index (χ0) is 17.0. The molecule has 0 heterocycles. The van der Waals surface area contributed by atoms with Crippen molar-refractivity contribution < 1.29 is 24.5 Å². The highest BCUT2D eigenvalue weighted by Gasteiger charge is 2.11. The van der Waals surface area contributed by atoms with Crippen LogP contribution in [-0.4, -0.2) is 28.7 Å². The minimum absolute atomic E-state index is 0.191. The highest BCUT2D eigenvalue weighted by Crippen LogP contribution is 2.22. The summed E-state index contributed by atoms with van der Waals surface area (Å²) in [5.41, 5.74) is 2.27. The van der Waals surface area contributed by atoms with E-state index in [-0.39, 0.29) is 12.2 Å². The van der Waals surface area contributed by atoms with Gasteiger partial charge in [-0.25, -0.2) is 4.79 Å². The zero-order valence-electron chi connectivity index (χ0n) is 12.8. The average molecular weight is 315 g/mol. The number of aryl methyl sites for hydroxylation is 2. The van der Waals surface area contributed by atoms with E-state index in [0.29, 0.717) is 11.4 Å². The first-order valence-electron chi connectivity index (χ1n) is 6.93. The summed E-state index contributed by atoms with van der Waals surface area (Å²) in [5, 5.41) is 20.9. The first kappa shape index (κ1) is 16.4. The second kappa shape index (κ2) is 6.83. The Morgan fingerprint density at radius 1 is 1.09 bits per heavy atom. The van der Waals surface area contributed by atoms with Crippen LogP contribution in [0.1, 0.15) is 21.5 Å². The van der Waals surface area contributed by atoms with Gasteiger partial charge in [-0.2, -0.15) is 0 Å². The molecular formula is C17H17NO5. The largest absolute Gasteiger partial charge is 0.507 e. The third-order valence-corrected chi connectivity index (χ3v) is 3.36. The van der Waals surface area contributed by atoms with Crippen LogP contribution in [0.25, 0.3) is 0 Å². The van der Waals surface area contributed by atoms with Crippen LogP contribution in [0.2, 0.25) is 0 Å². The Balaban J connectivity index is 1.95. The van der Waals surface area contributed by atoms with Crippen LogP contribution in [-0.2, 0) is 4.79 Å². The highest BCUT2D eigenvalue weighted by molar-refractivity contribution is 5.95. The van der Waals surface area contributed by atoms with Crippen LogP contribution < -0.4 is 10.1 Å². The molecule has 0 radical (unpaired) electrons. The molecule has 6 nitrogen and oxygen atoms in total. The summed E-state index contributed by atoms with van der Waals surface area (Å²) in [5.74, 6) is -1.47. The molecule has 0 atom stereocenters. The first-order chi connectivity index (χ1) is 10.9. The molecule has 0 aliphatic heterocycles. The van der Waals surface area contributed by atoms with E-state index in [4.69, 9.17) is 9.84 Å². The standard InChI is InChI=1S/C17H17NO5/c1-10-3-5-13(7-11(10)2)23-9-16(20)18-12-4-6-14(17(21)22)15(19)8-12/h3-8,19H,9H2,1-2H3,(H,18,20)(H,21,22). The van der Waals surface area contributed by atoms with Gasteiger partial charge in [-0.3, -0.25) is 4.79 Å². The highest BCUT2D eigenvalue weighted by atomic mass is 16.5. The molecule has 0 aromatic heterocycles. The van der Waals surface area contributed by atoms with Gasteiger partial charge in [0, 0.05) is 11.8 Å². The molecule has 2 rings (SSSR count). The van der Waals surface area contributed by atoms with Gasteiger partial charge in [0.15, 0.2) is 6.61 Å². The predicted molar refractivity (Wildman–Crippen MR) is 85.1 cm³/mol. The fourth-order valence-corrected chi connectivity index (χ4v) is 1.94. The summed E-state index contributed by atoms with van der Waals surface area (Å²) in [6.07, 6.45) is 0. The van der Waals surface area contributed by atoms with Crippen LogP contribution in [0.15, 0.2) is 36.4 Å². The molecule has 1 amide bonds. The first-order valence-corrected chi connectivity index (χ1v) is 6.93. The molecule has 2 aromatic carbocycles. The summed E-state index contributed by atoms with van der Waals surface area (Å²) in [4.78, 5) is 22.6. The van der Waals surface area contributed by atoms with Gasteiger partial charge in [-0.1, -0.05) is 6.07 Å². The monoisotopic (exact) mass is 315 g/mol. The van der Waals surface area contributed by atoms with Crippen LogP contribution in [0.3, 0.4) is 0 Å². The Kier molecular flexibility index (Phi) is 4.85. The van der Waals surface area contributed by atoms with E-state index >= 15 is 0 Å². The summed E-state index contributed by atoms with van der Waals surface area (Å²) < 4.78 is 5.40. The van der Waals surface area contributed by atoms with Crippen LogP contribution in [0.4, 0.5) is 5.69 Å².